The van der Waals surface area contributed by atoms with Crippen molar-refractivity contribution in [1.29, 1.82) is 5.41 Å². The van der Waals surface area contributed by atoms with E-state index in [0.29, 0.717) is 10.7 Å². The molecule has 0 aliphatic carbocycles. The number of amides is 2. The van der Waals surface area contributed by atoms with E-state index in [1.165, 1.54) is 0 Å². The quantitative estimate of drug-likeness (QED) is 0.433. The number of urea groups is 1. The second-order valence-electron chi connectivity index (χ2n) is 2.92. The van der Waals surface area contributed by atoms with Crippen molar-refractivity contribution < 1.29 is 4.79 Å². The third kappa shape index (κ3) is 3.14. The van der Waals surface area contributed by atoms with Crippen LogP contribution in [0.25, 0.3) is 0 Å². The first-order chi connectivity index (χ1) is 7.00. The molecule has 0 bridgehead atoms. The van der Waals surface area contributed by atoms with E-state index < -0.39 is 6.03 Å². The molecule has 0 heterocycles. The predicted molar refractivity (Wildman–Crippen MR) is 60.3 cm³/mol. The van der Waals surface area contributed by atoms with Gasteiger partial charge in [0.25, 0.3) is 0 Å². The van der Waals surface area contributed by atoms with Crippen molar-refractivity contribution in [2.45, 2.75) is 6.92 Å². The summed E-state index contributed by atoms with van der Waals surface area (Å²) in [6, 6.07) is 4.53. The summed E-state index contributed by atoms with van der Waals surface area (Å²) in [5.41, 5.74) is 6.31. The van der Waals surface area contributed by atoms with E-state index in [0.717, 1.165) is 5.56 Å². The monoisotopic (exact) mass is 226 g/mol. The molecular formula is C9H11ClN4O. The normalized spacial score (nSPS) is 9.47. The highest BCUT2D eigenvalue weighted by Gasteiger charge is 2.06. The molecule has 0 aliphatic heterocycles. The minimum atomic E-state index is -0.794. The fourth-order valence-corrected chi connectivity index (χ4v) is 1.34. The molecule has 0 spiro atoms. The lowest BCUT2D eigenvalue weighted by Gasteiger charge is -2.11. The first-order valence-electron chi connectivity index (χ1n) is 4.18. The number of rotatable bonds is 1. The Morgan fingerprint density at radius 2 is 2.20 bits per heavy atom. The number of guanidine groups is 1. The molecule has 0 saturated carbocycles. The molecule has 0 radical (unpaired) electrons. The zero-order chi connectivity index (χ0) is 11.4. The number of hydrogen-bond acceptors (Lipinski definition) is 2. The van der Waals surface area contributed by atoms with Gasteiger partial charge in [0.1, 0.15) is 0 Å². The maximum atomic E-state index is 10.5. The number of para-hydroxylation sites is 1. The summed E-state index contributed by atoms with van der Waals surface area (Å²) in [7, 11) is 0. The second kappa shape index (κ2) is 4.65. The van der Waals surface area contributed by atoms with E-state index in [2.05, 4.69) is 10.6 Å². The van der Waals surface area contributed by atoms with Crippen LogP contribution in [0.15, 0.2) is 18.2 Å². The number of nitrogens with two attached hydrogens (primary N) is 1. The van der Waals surface area contributed by atoms with Gasteiger partial charge in [0.05, 0.1) is 10.7 Å². The van der Waals surface area contributed by atoms with Crippen LogP contribution in [0.4, 0.5) is 10.5 Å². The van der Waals surface area contributed by atoms with Gasteiger partial charge in [-0.1, -0.05) is 23.7 Å². The van der Waals surface area contributed by atoms with E-state index in [9.17, 15) is 4.79 Å². The average Bonchev–Trinajstić information content (AvgIpc) is 2.10. The lowest BCUT2D eigenvalue weighted by atomic mass is 10.2. The predicted octanol–water partition coefficient (Wildman–Crippen LogP) is 1.66. The summed E-state index contributed by atoms with van der Waals surface area (Å²) in [5, 5.41) is 12.6. The standard InChI is InChI=1S/C9H11ClN4O/c1-5-3-2-4-6(10)7(5)13-8(11)14-9(12)15/h2-4H,1H3,(H5,11,12,13,14,15). The summed E-state index contributed by atoms with van der Waals surface area (Å²) in [6.07, 6.45) is 0. The zero-order valence-electron chi connectivity index (χ0n) is 8.10. The Morgan fingerprint density at radius 3 is 2.73 bits per heavy atom. The van der Waals surface area contributed by atoms with Crippen LogP contribution in [-0.4, -0.2) is 12.0 Å². The van der Waals surface area contributed by atoms with Gasteiger partial charge < -0.3 is 11.1 Å². The second-order valence-corrected chi connectivity index (χ2v) is 3.33. The molecule has 0 fully saturated rings. The topological polar surface area (TPSA) is 91.0 Å². The molecule has 2 amide bonds. The fraction of sp³-hybridized carbons (Fsp3) is 0.111. The van der Waals surface area contributed by atoms with Gasteiger partial charge >= 0.3 is 6.03 Å². The van der Waals surface area contributed by atoms with Gasteiger partial charge in [-0.05, 0) is 18.6 Å². The molecule has 0 aromatic heterocycles. The summed E-state index contributed by atoms with van der Waals surface area (Å²) in [5.74, 6) is -0.210. The molecule has 0 unspecified atom stereocenters. The van der Waals surface area contributed by atoms with Gasteiger partial charge in [-0.3, -0.25) is 10.7 Å². The van der Waals surface area contributed by atoms with Crippen molar-refractivity contribution in [3.8, 4) is 0 Å². The van der Waals surface area contributed by atoms with Crippen molar-refractivity contribution in [3.63, 3.8) is 0 Å². The lowest BCUT2D eigenvalue weighted by molar-refractivity contribution is 0.253. The van der Waals surface area contributed by atoms with Crippen LogP contribution in [0.5, 0.6) is 0 Å². The van der Waals surface area contributed by atoms with Crippen LogP contribution in [0, 0.1) is 12.3 Å². The van der Waals surface area contributed by atoms with Gasteiger partial charge in [0.15, 0.2) is 0 Å². The maximum absolute atomic E-state index is 10.5. The highest BCUT2D eigenvalue weighted by atomic mass is 35.5. The van der Waals surface area contributed by atoms with Crippen molar-refractivity contribution in [2.24, 2.45) is 5.73 Å². The summed E-state index contributed by atoms with van der Waals surface area (Å²) in [4.78, 5) is 10.5. The molecule has 1 aromatic carbocycles. The molecule has 6 heteroatoms. The smallest absolute Gasteiger partial charge is 0.318 e. The first-order valence-corrected chi connectivity index (χ1v) is 4.55. The van der Waals surface area contributed by atoms with Crippen LogP contribution < -0.4 is 16.4 Å². The summed E-state index contributed by atoms with van der Waals surface area (Å²) >= 11 is 5.91. The van der Waals surface area contributed by atoms with Gasteiger partial charge in [-0.25, -0.2) is 4.79 Å². The van der Waals surface area contributed by atoms with Gasteiger partial charge in [0, 0.05) is 0 Å². The van der Waals surface area contributed by atoms with Crippen LogP contribution in [0.3, 0.4) is 0 Å². The van der Waals surface area contributed by atoms with E-state index >= 15 is 0 Å². The van der Waals surface area contributed by atoms with Gasteiger partial charge in [-0.15, -0.1) is 0 Å². The zero-order valence-corrected chi connectivity index (χ0v) is 8.85. The van der Waals surface area contributed by atoms with Crippen LogP contribution >= 0.6 is 11.6 Å². The van der Waals surface area contributed by atoms with E-state index in [4.69, 9.17) is 22.7 Å². The minimum absolute atomic E-state index is 0.210. The number of primary amides is 1. The molecule has 5 N–H and O–H groups in total. The number of carbonyl (C=O) groups is 1. The molecule has 1 rings (SSSR count). The number of halogens is 1. The van der Waals surface area contributed by atoms with Crippen molar-refractivity contribution in [3.05, 3.63) is 28.8 Å². The fourth-order valence-electron chi connectivity index (χ4n) is 1.07. The number of anilines is 1. The minimum Gasteiger partial charge on any atom is -0.351 e. The number of nitrogens with one attached hydrogen (secondary N) is 3. The molecule has 1 aromatic rings. The van der Waals surface area contributed by atoms with Crippen molar-refractivity contribution in [1.82, 2.24) is 5.32 Å². The maximum Gasteiger partial charge on any atom is 0.318 e. The van der Waals surface area contributed by atoms with Gasteiger partial charge in [-0.2, -0.15) is 0 Å². The van der Waals surface area contributed by atoms with Crippen LogP contribution in [-0.2, 0) is 0 Å². The van der Waals surface area contributed by atoms with Crippen LogP contribution in [0.1, 0.15) is 5.56 Å². The van der Waals surface area contributed by atoms with Gasteiger partial charge in [0.2, 0.25) is 5.96 Å². The molecule has 80 valence electrons. The molecule has 5 nitrogen and oxygen atoms in total. The Kier molecular flexibility index (Phi) is 3.51. The lowest BCUT2D eigenvalue weighted by Crippen LogP contribution is -2.38. The van der Waals surface area contributed by atoms with E-state index in [1.807, 2.05) is 13.0 Å². The highest BCUT2D eigenvalue weighted by Crippen LogP contribution is 2.24. The number of hydrogen-bond donors (Lipinski definition) is 4. The van der Waals surface area contributed by atoms with E-state index in [-0.39, 0.29) is 5.96 Å². The molecule has 0 aliphatic rings. The van der Waals surface area contributed by atoms with E-state index in [1.54, 1.807) is 12.1 Å². The summed E-state index contributed by atoms with van der Waals surface area (Å²) in [6.45, 7) is 1.84. The van der Waals surface area contributed by atoms with Crippen molar-refractivity contribution >= 4 is 29.3 Å². The Hall–Kier alpha value is -1.75. The number of carbonyl (C=O) groups excluding carboxylic acids is 1. The molecule has 0 atom stereocenters. The largest absolute Gasteiger partial charge is 0.351 e. The average molecular weight is 227 g/mol. The molecular weight excluding hydrogens is 216 g/mol. The Balaban J connectivity index is 2.80. The van der Waals surface area contributed by atoms with Crippen molar-refractivity contribution in [2.75, 3.05) is 5.32 Å². The first kappa shape index (κ1) is 11.3. The SMILES string of the molecule is Cc1cccc(Cl)c1NC(=N)NC(N)=O. The number of benzene rings is 1. The molecule has 0 saturated heterocycles. The molecule has 15 heavy (non-hydrogen) atoms. The highest BCUT2D eigenvalue weighted by molar-refractivity contribution is 6.34. The Morgan fingerprint density at radius 1 is 1.53 bits per heavy atom. The third-order valence-electron chi connectivity index (χ3n) is 1.72. The van der Waals surface area contributed by atoms with Crippen LogP contribution in [0.2, 0.25) is 5.02 Å². The Bertz CT molecular complexity index is 385. The summed E-state index contributed by atoms with van der Waals surface area (Å²) < 4.78 is 0. The Labute approximate surface area is 92.1 Å². The number of aryl methyl sites for hydroxylation is 1. The third-order valence-corrected chi connectivity index (χ3v) is 2.04.